The van der Waals surface area contributed by atoms with Crippen LogP contribution in [0.25, 0.3) is 0 Å². The fraction of sp³-hybridized carbons (Fsp3) is 0.400. The van der Waals surface area contributed by atoms with Gasteiger partial charge in [-0.1, -0.05) is 6.07 Å². The minimum atomic E-state index is -0.277. The van der Waals surface area contributed by atoms with E-state index in [2.05, 4.69) is 0 Å². The Morgan fingerprint density at radius 1 is 1.46 bits per heavy atom. The van der Waals surface area contributed by atoms with E-state index >= 15 is 0 Å². The molecule has 0 bridgehead atoms. The fourth-order valence-corrected chi connectivity index (χ4v) is 1.21. The summed E-state index contributed by atoms with van der Waals surface area (Å²) in [5, 5.41) is 0. The number of ether oxygens (including phenoxy) is 1. The lowest BCUT2D eigenvalue weighted by atomic mass is 10.2. The van der Waals surface area contributed by atoms with Gasteiger partial charge >= 0.3 is 0 Å². The van der Waals surface area contributed by atoms with Crippen LogP contribution >= 0.6 is 0 Å². The zero-order valence-corrected chi connectivity index (χ0v) is 7.29. The summed E-state index contributed by atoms with van der Waals surface area (Å²) in [5.41, 5.74) is 5.91. The molecule has 0 unspecified atom stereocenters. The Bertz CT molecular complexity index is 310. The van der Waals surface area contributed by atoms with E-state index in [1.54, 1.807) is 12.1 Å². The van der Waals surface area contributed by atoms with Crippen molar-refractivity contribution in [3.63, 3.8) is 0 Å². The van der Waals surface area contributed by atoms with Crippen molar-refractivity contribution < 1.29 is 9.13 Å². The van der Waals surface area contributed by atoms with Gasteiger partial charge in [0.25, 0.3) is 0 Å². The van der Waals surface area contributed by atoms with E-state index in [1.165, 1.54) is 6.07 Å². The summed E-state index contributed by atoms with van der Waals surface area (Å²) in [6.45, 7) is 0.189. The Morgan fingerprint density at radius 2 is 2.23 bits per heavy atom. The first-order valence-electron chi connectivity index (χ1n) is 4.45. The molecule has 0 aromatic heterocycles. The van der Waals surface area contributed by atoms with E-state index in [-0.39, 0.29) is 18.5 Å². The van der Waals surface area contributed by atoms with Crippen molar-refractivity contribution in [2.24, 2.45) is 5.73 Å². The normalized spacial score (nSPS) is 15.8. The highest BCUT2D eigenvalue weighted by Gasteiger charge is 2.24. The zero-order chi connectivity index (χ0) is 9.26. The second kappa shape index (κ2) is 3.34. The molecule has 1 aliphatic carbocycles. The average molecular weight is 181 g/mol. The molecule has 0 atom stereocenters. The van der Waals surface area contributed by atoms with E-state index in [4.69, 9.17) is 10.5 Å². The van der Waals surface area contributed by atoms with Gasteiger partial charge in [-0.2, -0.15) is 0 Å². The lowest BCUT2D eigenvalue weighted by molar-refractivity contribution is 0.298. The minimum Gasteiger partial charge on any atom is -0.490 e. The Labute approximate surface area is 76.5 Å². The van der Waals surface area contributed by atoms with Gasteiger partial charge in [-0.25, -0.2) is 4.39 Å². The van der Waals surface area contributed by atoms with Crippen LogP contribution in [0.2, 0.25) is 0 Å². The maximum absolute atomic E-state index is 13.2. The van der Waals surface area contributed by atoms with Gasteiger partial charge in [0, 0.05) is 12.1 Å². The maximum Gasteiger partial charge on any atom is 0.131 e. The zero-order valence-electron chi connectivity index (χ0n) is 7.29. The molecule has 3 heteroatoms. The first-order valence-corrected chi connectivity index (χ1v) is 4.45. The van der Waals surface area contributed by atoms with Gasteiger partial charge in [-0.15, -0.1) is 0 Å². The molecule has 1 aromatic rings. The molecule has 2 nitrogen and oxygen atoms in total. The van der Waals surface area contributed by atoms with Crippen LogP contribution in [0.3, 0.4) is 0 Å². The van der Waals surface area contributed by atoms with Gasteiger partial charge in [0.05, 0.1) is 6.10 Å². The van der Waals surface area contributed by atoms with E-state index < -0.39 is 0 Å². The van der Waals surface area contributed by atoms with Crippen LogP contribution in [0.5, 0.6) is 5.75 Å². The smallest absolute Gasteiger partial charge is 0.131 e. The lowest BCUT2D eigenvalue weighted by Crippen LogP contribution is -2.05. The molecular weight excluding hydrogens is 169 g/mol. The third-order valence-electron chi connectivity index (χ3n) is 2.10. The Hall–Kier alpha value is -1.09. The van der Waals surface area contributed by atoms with Crippen molar-refractivity contribution in [3.8, 4) is 5.75 Å². The molecule has 0 spiro atoms. The van der Waals surface area contributed by atoms with Crippen molar-refractivity contribution >= 4 is 0 Å². The van der Waals surface area contributed by atoms with Crippen LogP contribution in [0.1, 0.15) is 18.4 Å². The fourth-order valence-electron chi connectivity index (χ4n) is 1.21. The minimum absolute atomic E-state index is 0.189. The summed E-state index contributed by atoms with van der Waals surface area (Å²) < 4.78 is 18.7. The van der Waals surface area contributed by atoms with E-state index in [0.29, 0.717) is 11.3 Å². The number of nitrogens with two attached hydrogens (primary N) is 1. The summed E-state index contributed by atoms with van der Waals surface area (Å²) in [6, 6.07) is 4.82. The molecule has 1 saturated carbocycles. The maximum atomic E-state index is 13.2. The van der Waals surface area contributed by atoms with Crippen molar-refractivity contribution in [2.45, 2.75) is 25.5 Å². The number of halogens is 1. The third-order valence-corrected chi connectivity index (χ3v) is 2.10. The van der Waals surface area contributed by atoms with E-state index in [1.807, 2.05) is 0 Å². The predicted octanol–water partition coefficient (Wildman–Crippen LogP) is 1.83. The summed E-state index contributed by atoms with van der Waals surface area (Å²) in [6.07, 6.45) is 2.42. The first-order chi connectivity index (χ1) is 6.31. The Kier molecular flexibility index (Phi) is 2.19. The summed E-state index contributed by atoms with van der Waals surface area (Å²) >= 11 is 0. The van der Waals surface area contributed by atoms with Gasteiger partial charge < -0.3 is 10.5 Å². The molecule has 2 rings (SSSR count). The molecule has 0 radical (unpaired) electrons. The predicted molar refractivity (Wildman–Crippen MR) is 47.9 cm³/mol. The van der Waals surface area contributed by atoms with E-state index in [9.17, 15) is 4.39 Å². The van der Waals surface area contributed by atoms with Crippen LogP contribution in [0.15, 0.2) is 18.2 Å². The van der Waals surface area contributed by atoms with Crippen LogP contribution in [0.4, 0.5) is 4.39 Å². The molecule has 2 N–H and O–H groups in total. The van der Waals surface area contributed by atoms with Gasteiger partial charge in [0.1, 0.15) is 11.6 Å². The van der Waals surface area contributed by atoms with Crippen LogP contribution in [-0.4, -0.2) is 6.10 Å². The average Bonchev–Trinajstić information content (AvgIpc) is 2.89. The van der Waals surface area contributed by atoms with Crippen molar-refractivity contribution in [2.75, 3.05) is 0 Å². The molecule has 1 aliphatic rings. The van der Waals surface area contributed by atoms with Gasteiger partial charge in [-0.05, 0) is 25.0 Å². The van der Waals surface area contributed by atoms with Gasteiger partial charge in [0.15, 0.2) is 0 Å². The highest BCUT2D eigenvalue weighted by Crippen LogP contribution is 2.29. The quantitative estimate of drug-likeness (QED) is 0.772. The van der Waals surface area contributed by atoms with Crippen molar-refractivity contribution in [3.05, 3.63) is 29.6 Å². The summed E-state index contributed by atoms with van der Waals surface area (Å²) in [5.74, 6) is 0.325. The second-order valence-corrected chi connectivity index (χ2v) is 3.24. The van der Waals surface area contributed by atoms with Crippen LogP contribution in [-0.2, 0) is 6.54 Å². The molecule has 0 aliphatic heterocycles. The molecule has 0 heterocycles. The molecule has 1 aromatic carbocycles. The van der Waals surface area contributed by atoms with E-state index in [0.717, 1.165) is 12.8 Å². The van der Waals surface area contributed by atoms with Gasteiger partial charge in [0.2, 0.25) is 0 Å². The summed E-state index contributed by atoms with van der Waals surface area (Å²) in [4.78, 5) is 0. The Morgan fingerprint density at radius 3 is 2.85 bits per heavy atom. The number of rotatable bonds is 3. The Balaban J connectivity index is 2.25. The topological polar surface area (TPSA) is 35.2 Å². The highest BCUT2D eigenvalue weighted by atomic mass is 19.1. The number of hydrogen-bond acceptors (Lipinski definition) is 2. The molecular formula is C10H12FNO. The van der Waals surface area contributed by atoms with Crippen LogP contribution in [0, 0.1) is 5.82 Å². The van der Waals surface area contributed by atoms with Crippen molar-refractivity contribution in [1.82, 2.24) is 0 Å². The lowest BCUT2D eigenvalue weighted by Gasteiger charge is -2.09. The standard InChI is InChI=1S/C10H12FNO/c11-9-2-1-3-10(8(9)6-12)13-7-4-5-7/h1-3,7H,4-6,12H2. The molecule has 1 fully saturated rings. The first kappa shape index (κ1) is 8.51. The monoisotopic (exact) mass is 181 g/mol. The molecule has 13 heavy (non-hydrogen) atoms. The molecule has 0 saturated heterocycles. The number of benzene rings is 1. The highest BCUT2D eigenvalue weighted by molar-refractivity contribution is 5.34. The third kappa shape index (κ3) is 1.80. The number of hydrogen-bond donors (Lipinski definition) is 1. The summed E-state index contributed by atoms with van der Waals surface area (Å²) in [7, 11) is 0. The largest absolute Gasteiger partial charge is 0.490 e. The SMILES string of the molecule is NCc1c(F)cccc1OC1CC1. The van der Waals surface area contributed by atoms with Crippen molar-refractivity contribution in [1.29, 1.82) is 0 Å². The molecule has 0 amide bonds. The molecule has 70 valence electrons. The van der Waals surface area contributed by atoms with Gasteiger partial charge in [-0.3, -0.25) is 0 Å². The van der Waals surface area contributed by atoms with Crippen LogP contribution < -0.4 is 10.5 Å². The second-order valence-electron chi connectivity index (χ2n) is 3.24.